The van der Waals surface area contributed by atoms with E-state index in [1.807, 2.05) is 6.07 Å². The Balaban J connectivity index is 1.59. The first-order valence-corrected chi connectivity index (χ1v) is 12.0. The van der Waals surface area contributed by atoms with E-state index in [0.717, 1.165) is 10.7 Å². The number of nitrogens with zero attached hydrogens (tertiary/aromatic N) is 4. The molecule has 4 aromatic rings. The maximum atomic E-state index is 13.6. The molecule has 0 radical (unpaired) electrons. The van der Waals surface area contributed by atoms with Gasteiger partial charge in [0.25, 0.3) is 12.0 Å². The number of anilines is 1. The summed E-state index contributed by atoms with van der Waals surface area (Å²) in [6.07, 6.45) is -6.90. The summed E-state index contributed by atoms with van der Waals surface area (Å²) < 4.78 is 69.0. The van der Waals surface area contributed by atoms with Crippen molar-refractivity contribution in [3.63, 3.8) is 0 Å². The number of amides is 1. The molecule has 3 heterocycles. The number of aryl methyl sites for hydroxylation is 1. The van der Waals surface area contributed by atoms with Gasteiger partial charge in [-0.05, 0) is 49.7 Å². The normalized spacial score (nSPS) is 13.6. The van der Waals surface area contributed by atoms with Gasteiger partial charge in [-0.2, -0.15) is 10.4 Å². The molecular formula is C26H17ClF4N4O5. The first-order valence-electron chi connectivity index (χ1n) is 11.7. The number of nitriles is 1. The van der Waals surface area contributed by atoms with E-state index in [1.165, 1.54) is 35.2 Å². The number of carbonyl (C=O) groups is 1. The second-order valence-corrected chi connectivity index (χ2v) is 9.17. The molecule has 0 spiro atoms. The van der Waals surface area contributed by atoms with Crippen LogP contribution in [0.3, 0.4) is 0 Å². The standard InChI is InChI=1S/C26H17ClF4N4O5/c1-3-34(17-9-19-18(4-12(17)2)39-26(30,31)40-19)21(36)11-35-25(37)16-8-20(24(28)29)38-23(16)22(33-35)14-5-13(10-32)6-15(27)7-14/h4-9,24H,3,11H2,1-2H3. The Kier molecular flexibility index (Phi) is 6.67. The SMILES string of the molecule is CCN(C(=O)Cn1nc(-c2cc(Cl)cc(C#N)c2)c2oc(C(F)F)cc2c1=O)c1cc2c(cc1C)OC(F)(F)O2. The zero-order valence-electron chi connectivity index (χ0n) is 20.7. The molecule has 206 valence electrons. The van der Waals surface area contributed by atoms with Gasteiger partial charge < -0.3 is 18.8 Å². The maximum absolute atomic E-state index is 13.6. The highest BCUT2D eigenvalue weighted by molar-refractivity contribution is 6.31. The number of ether oxygens (including phenoxy) is 2. The Bertz CT molecular complexity index is 1780. The van der Waals surface area contributed by atoms with Crippen LogP contribution in [0, 0.1) is 18.3 Å². The molecule has 0 bridgehead atoms. The summed E-state index contributed by atoms with van der Waals surface area (Å²) in [5.41, 5.74) is -0.306. The lowest BCUT2D eigenvalue weighted by Gasteiger charge is -2.23. The average Bonchev–Trinajstić information content (AvgIpc) is 3.46. The molecule has 0 unspecified atom stereocenters. The molecular weight excluding hydrogens is 560 g/mol. The van der Waals surface area contributed by atoms with Gasteiger partial charge >= 0.3 is 6.29 Å². The van der Waals surface area contributed by atoms with Gasteiger partial charge in [0.05, 0.1) is 22.7 Å². The van der Waals surface area contributed by atoms with Crippen LogP contribution in [0.25, 0.3) is 22.2 Å². The molecule has 0 saturated carbocycles. The van der Waals surface area contributed by atoms with Gasteiger partial charge in [-0.1, -0.05) is 11.6 Å². The Morgan fingerprint density at radius 3 is 2.52 bits per heavy atom. The van der Waals surface area contributed by atoms with Gasteiger partial charge in [-0.3, -0.25) is 9.59 Å². The number of benzene rings is 2. The van der Waals surface area contributed by atoms with Crippen LogP contribution in [-0.4, -0.2) is 28.5 Å². The summed E-state index contributed by atoms with van der Waals surface area (Å²) in [7, 11) is 0. The third-order valence-corrected chi connectivity index (χ3v) is 6.30. The molecule has 0 N–H and O–H groups in total. The molecule has 40 heavy (non-hydrogen) atoms. The van der Waals surface area contributed by atoms with Crippen LogP contribution < -0.4 is 19.9 Å². The largest absolute Gasteiger partial charge is 0.586 e. The molecule has 5 rings (SSSR count). The average molecular weight is 577 g/mol. The molecule has 1 aliphatic rings. The molecule has 2 aromatic carbocycles. The van der Waals surface area contributed by atoms with Crippen molar-refractivity contribution in [1.82, 2.24) is 9.78 Å². The first-order chi connectivity index (χ1) is 18.9. The number of aromatic nitrogens is 2. The Morgan fingerprint density at radius 1 is 1.18 bits per heavy atom. The van der Waals surface area contributed by atoms with Crippen LogP contribution in [0.15, 0.2) is 45.6 Å². The number of rotatable bonds is 6. The highest BCUT2D eigenvalue weighted by Gasteiger charge is 2.44. The zero-order chi connectivity index (χ0) is 28.9. The van der Waals surface area contributed by atoms with Crippen molar-refractivity contribution in [2.45, 2.75) is 33.1 Å². The fourth-order valence-corrected chi connectivity index (χ4v) is 4.60. The van der Waals surface area contributed by atoms with E-state index in [9.17, 15) is 32.4 Å². The summed E-state index contributed by atoms with van der Waals surface area (Å²) in [6.45, 7) is 2.62. The van der Waals surface area contributed by atoms with Crippen molar-refractivity contribution in [1.29, 1.82) is 5.26 Å². The van der Waals surface area contributed by atoms with E-state index in [1.54, 1.807) is 13.8 Å². The molecule has 9 nitrogen and oxygen atoms in total. The number of hydrogen-bond donors (Lipinski definition) is 0. The minimum Gasteiger partial charge on any atom is -0.452 e. The number of furan rings is 1. The Morgan fingerprint density at radius 2 is 1.88 bits per heavy atom. The van der Waals surface area contributed by atoms with Crippen LogP contribution in [0.1, 0.15) is 30.2 Å². The van der Waals surface area contributed by atoms with E-state index >= 15 is 0 Å². The number of halogens is 5. The summed E-state index contributed by atoms with van der Waals surface area (Å²) in [5, 5.41) is 13.4. The van der Waals surface area contributed by atoms with Gasteiger partial charge in [-0.25, -0.2) is 13.5 Å². The number of fused-ring (bicyclic) bond motifs is 2. The predicted molar refractivity (Wildman–Crippen MR) is 134 cm³/mol. The third kappa shape index (κ3) is 4.82. The third-order valence-electron chi connectivity index (χ3n) is 6.08. The lowest BCUT2D eigenvalue weighted by molar-refractivity contribution is -0.286. The fourth-order valence-electron chi connectivity index (χ4n) is 4.36. The van der Waals surface area contributed by atoms with E-state index in [0.29, 0.717) is 5.56 Å². The summed E-state index contributed by atoms with van der Waals surface area (Å²) in [5.74, 6) is -1.93. The highest BCUT2D eigenvalue weighted by Crippen LogP contribution is 2.44. The van der Waals surface area contributed by atoms with Crippen molar-refractivity contribution in [2.75, 3.05) is 11.4 Å². The second-order valence-electron chi connectivity index (χ2n) is 8.73. The van der Waals surface area contributed by atoms with Crippen molar-refractivity contribution in [3.8, 4) is 28.8 Å². The Labute approximate surface area is 227 Å². The van der Waals surface area contributed by atoms with Gasteiger partial charge in [-0.15, -0.1) is 8.78 Å². The van der Waals surface area contributed by atoms with Crippen LogP contribution in [0.5, 0.6) is 11.5 Å². The molecule has 1 aliphatic heterocycles. The maximum Gasteiger partial charge on any atom is 0.586 e. The van der Waals surface area contributed by atoms with Crippen LogP contribution in [0.2, 0.25) is 5.02 Å². The quantitative estimate of drug-likeness (QED) is 0.267. The predicted octanol–water partition coefficient (Wildman–Crippen LogP) is 5.80. The van der Waals surface area contributed by atoms with Crippen LogP contribution in [0.4, 0.5) is 23.2 Å². The highest BCUT2D eigenvalue weighted by atomic mass is 35.5. The zero-order valence-corrected chi connectivity index (χ0v) is 21.4. The van der Waals surface area contributed by atoms with E-state index < -0.39 is 36.5 Å². The number of likely N-dealkylation sites (N-methyl/N-ethyl adjacent to an activating group) is 1. The van der Waals surface area contributed by atoms with E-state index in [-0.39, 0.29) is 56.5 Å². The minimum atomic E-state index is -3.86. The first kappa shape index (κ1) is 27.0. The molecule has 2 aromatic heterocycles. The fraction of sp³-hybridized carbons (Fsp3) is 0.231. The summed E-state index contributed by atoms with van der Waals surface area (Å²) in [6, 6.07) is 9.44. The van der Waals surface area contributed by atoms with Crippen molar-refractivity contribution < 1.29 is 36.2 Å². The van der Waals surface area contributed by atoms with Gasteiger partial charge in [0.2, 0.25) is 5.91 Å². The lowest BCUT2D eigenvalue weighted by Crippen LogP contribution is -2.38. The van der Waals surface area contributed by atoms with Crippen molar-refractivity contribution in [3.05, 3.63) is 68.7 Å². The molecule has 1 amide bonds. The minimum absolute atomic E-state index is 0.0701. The topological polar surface area (TPSA) is 111 Å². The summed E-state index contributed by atoms with van der Waals surface area (Å²) in [4.78, 5) is 27.9. The second kappa shape index (κ2) is 9.87. The van der Waals surface area contributed by atoms with Crippen LogP contribution in [-0.2, 0) is 11.3 Å². The van der Waals surface area contributed by atoms with Gasteiger partial charge in [0.15, 0.2) is 22.8 Å². The van der Waals surface area contributed by atoms with E-state index in [2.05, 4.69) is 14.6 Å². The van der Waals surface area contributed by atoms with Crippen LogP contribution >= 0.6 is 11.6 Å². The molecule has 0 aliphatic carbocycles. The smallest absolute Gasteiger partial charge is 0.452 e. The molecule has 0 saturated heterocycles. The summed E-state index contributed by atoms with van der Waals surface area (Å²) >= 11 is 6.12. The van der Waals surface area contributed by atoms with Gasteiger partial charge in [0.1, 0.15) is 12.2 Å². The van der Waals surface area contributed by atoms with Crippen molar-refractivity contribution >= 4 is 34.2 Å². The number of hydrogen-bond acceptors (Lipinski definition) is 7. The Hall–Kier alpha value is -4.57. The lowest BCUT2D eigenvalue weighted by atomic mass is 10.1. The monoisotopic (exact) mass is 576 g/mol. The number of alkyl halides is 4. The molecule has 0 atom stereocenters. The molecule has 0 fully saturated rings. The number of carbonyl (C=O) groups excluding carboxylic acids is 1. The molecule has 14 heteroatoms. The van der Waals surface area contributed by atoms with Gasteiger partial charge in [0, 0.05) is 23.2 Å². The van der Waals surface area contributed by atoms with Crippen molar-refractivity contribution in [2.24, 2.45) is 0 Å². The van der Waals surface area contributed by atoms with E-state index in [4.69, 9.17) is 16.0 Å².